The lowest BCUT2D eigenvalue weighted by Gasteiger charge is -2.18. The summed E-state index contributed by atoms with van der Waals surface area (Å²) < 4.78 is 5.09. The van der Waals surface area contributed by atoms with Crippen LogP contribution in [0.4, 0.5) is 0 Å². The van der Waals surface area contributed by atoms with E-state index in [0.29, 0.717) is 0 Å². The lowest BCUT2D eigenvalue weighted by atomic mass is 9.99. The van der Waals surface area contributed by atoms with Crippen molar-refractivity contribution in [2.24, 2.45) is 0 Å². The molecule has 0 amide bonds. The number of nitrogens with zero attached hydrogens (tertiary/aromatic N) is 2. The van der Waals surface area contributed by atoms with Gasteiger partial charge in [0.25, 0.3) is 0 Å². The molecule has 2 aromatic heterocycles. The SMILES string of the molecule is c1ccc2c(c1)-c1cccc3c1c-2cc1c2ccccc2n(-c2ccccc2-n2c4ccccc4c4cc5c6c(cccc6c42)-c2ccccc2-5)c31. The van der Waals surface area contributed by atoms with Crippen LogP contribution in [0.5, 0.6) is 0 Å². The van der Waals surface area contributed by atoms with Crippen molar-refractivity contribution in [1.29, 1.82) is 0 Å². The Morgan fingerprint density at radius 1 is 0.250 bits per heavy atom. The van der Waals surface area contributed by atoms with Gasteiger partial charge < -0.3 is 9.13 Å². The molecular weight excluding hydrogens is 629 g/mol. The number of hydrogen-bond donors (Lipinski definition) is 0. The van der Waals surface area contributed by atoms with Crippen LogP contribution in [0.2, 0.25) is 0 Å². The maximum Gasteiger partial charge on any atom is 0.0703 e. The first-order valence-corrected chi connectivity index (χ1v) is 18.1. The van der Waals surface area contributed by atoms with E-state index in [1.165, 1.54) is 121 Å². The lowest BCUT2D eigenvalue weighted by molar-refractivity contribution is 1.10. The minimum atomic E-state index is 1.17. The molecule has 13 rings (SSSR count). The summed E-state index contributed by atoms with van der Waals surface area (Å²) in [6.07, 6.45) is 0. The van der Waals surface area contributed by atoms with Gasteiger partial charge in [0, 0.05) is 32.3 Å². The van der Waals surface area contributed by atoms with Crippen LogP contribution in [0.1, 0.15) is 0 Å². The molecule has 0 atom stereocenters. The molecule has 0 aliphatic heterocycles. The summed E-state index contributed by atoms with van der Waals surface area (Å²) in [4.78, 5) is 0. The van der Waals surface area contributed by atoms with Gasteiger partial charge in [-0.25, -0.2) is 0 Å². The summed E-state index contributed by atoms with van der Waals surface area (Å²) in [5.41, 5.74) is 17.9. The number of fused-ring (bicyclic) bond motifs is 14. The average Bonchev–Trinajstić information content (AvgIpc) is 3.93. The highest BCUT2D eigenvalue weighted by atomic mass is 15.1. The third kappa shape index (κ3) is 3.13. The van der Waals surface area contributed by atoms with Gasteiger partial charge in [0.15, 0.2) is 0 Å². The maximum absolute atomic E-state index is 2.54. The molecule has 52 heavy (non-hydrogen) atoms. The van der Waals surface area contributed by atoms with E-state index in [2.05, 4.69) is 179 Å². The summed E-state index contributed by atoms with van der Waals surface area (Å²) >= 11 is 0. The third-order valence-electron chi connectivity index (χ3n) is 12.0. The van der Waals surface area contributed by atoms with Crippen LogP contribution in [-0.4, -0.2) is 9.13 Å². The van der Waals surface area contributed by atoms with Crippen molar-refractivity contribution in [3.8, 4) is 55.9 Å². The Hall–Kier alpha value is -6.90. The predicted octanol–water partition coefficient (Wildman–Crippen LogP) is 13.5. The van der Waals surface area contributed by atoms with E-state index in [1.807, 2.05) is 0 Å². The Labute approximate surface area is 299 Å². The minimum Gasteiger partial charge on any atom is -0.307 e. The largest absolute Gasteiger partial charge is 0.307 e. The van der Waals surface area contributed by atoms with Gasteiger partial charge in [-0.3, -0.25) is 0 Å². The molecule has 2 aliphatic carbocycles. The molecule has 2 heteroatoms. The van der Waals surface area contributed by atoms with Crippen LogP contribution in [0, 0.1) is 0 Å². The predicted molar refractivity (Wildman–Crippen MR) is 219 cm³/mol. The fraction of sp³-hybridized carbons (Fsp3) is 0. The summed E-state index contributed by atoms with van der Waals surface area (Å²) in [5.74, 6) is 0. The quantitative estimate of drug-likeness (QED) is 0.175. The minimum absolute atomic E-state index is 1.17. The van der Waals surface area contributed by atoms with E-state index in [1.54, 1.807) is 0 Å². The Balaban J connectivity index is 1.20. The van der Waals surface area contributed by atoms with Crippen molar-refractivity contribution in [3.05, 3.63) is 170 Å². The Bertz CT molecular complexity index is 3180. The highest BCUT2D eigenvalue weighted by Crippen LogP contribution is 2.53. The summed E-state index contributed by atoms with van der Waals surface area (Å²) in [6.45, 7) is 0. The van der Waals surface area contributed by atoms with Crippen molar-refractivity contribution in [2.45, 2.75) is 0 Å². The van der Waals surface area contributed by atoms with Crippen molar-refractivity contribution in [1.82, 2.24) is 9.13 Å². The molecule has 11 aromatic rings. The fourth-order valence-corrected chi connectivity index (χ4v) is 9.99. The van der Waals surface area contributed by atoms with Crippen molar-refractivity contribution in [2.75, 3.05) is 0 Å². The molecule has 0 bridgehead atoms. The van der Waals surface area contributed by atoms with Crippen molar-refractivity contribution < 1.29 is 0 Å². The number of hydrogen-bond acceptors (Lipinski definition) is 0. The zero-order valence-corrected chi connectivity index (χ0v) is 28.1. The molecule has 2 aliphatic rings. The molecule has 2 nitrogen and oxygen atoms in total. The van der Waals surface area contributed by atoms with Crippen LogP contribution in [0.25, 0.3) is 121 Å². The van der Waals surface area contributed by atoms with Crippen LogP contribution in [0.3, 0.4) is 0 Å². The molecule has 0 saturated carbocycles. The van der Waals surface area contributed by atoms with Crippen LogP contribution in [0.15, 0.2) is 170 Å². The smallest absolute Gasteiger partial charge is 0.0703 e. The van der Waals surface area contributed by atoms with Crippen molar-refractivity contribution >= 4 is 65.2 Å². The first-order valence-electron chi connectivity index (χ1n) is 18.1. The first-order chi connectivity index (χ1) is 25.8. The lowest BCUT2D eigenvalue weighted by Crippen LogP contribution is -2.03. The van der Waals surface area contributed by atoms with Crippen LogP contribution in [-0.2, 0) is 0 Å². The van der Waals surface area contributed by atoms with Gasteiger partial charge in [-0.1, -0.05) is 133 Å². The zero-order valence-electron chi connectivity index (χ0n) is 28.1. The second-order valence-corrected chi connectivity index (χ2v) is 14.4. The molecule has 0 N–H and O–H groups in total. The molecule has 238 valence electrons. The van der Waals surface area contributed by atoms with Gasteiger partial charge in [-0.15, -0.1) is 0 Å². The molecule has 0 spiro atoms. The molecule has 0 unspecified atom stereocenters. The Morgan fingerprint density at radius 3 is 1.06 bits per heavy atom. The van der Waals surface area contributed by atoms with Crippen LogP contribution >= 0.6 is 0 Å². The number of aromatic nitrogens is 2. The Kier molecular flexibility index (Phi) is 4.89. The van der Waals surface area contributed by atoms with Gasteiger partial charge in [0.05, 0.1) is 33.4 Å². The molecule has 2 heterocycles. The summed E-state index contributed by atoms with van der Waals surface area (Å²) in [7, 11) is 0. The van der Waals surface area contributed by atoms with Gasteiger partial charge >= 0.3 is 0 Å². The van der Waals surface area contributed by atoms with Gasteiger partial charge in [0.2, 0.25) is 0 Å². The topological polar surface area (TPSA) is 9.86 Å². The molecule has 0 saturated heterocycles. The van der Waals surface area contributed by atoms with E-state index < -0.39 is 0 Å². The van der Waals surface area contributed by atoms with Gasteiger partial charge in [0.1, 0.15) is 0 Å². The zero-order chi connectivity index (χ0) is 33.7. The van der Waals surface area contributed by atoms with Crippen molar-refractivity contribution in [3.63, 3.8) is 0 Å². The second kappa shape index (κ2) is 9.45. The highest BCUT2D eigenvalue weighted by molar-refractivity contribution is 6.29. The van der Waals surface area contributed by atoms with Gasteiger partial charge in [-0.2, -0.15) is 0 Å². The number of para-hydroxylation sites is 4. The van der Waals surface area contributed by atoms with E-state index in [-0.39, 0.29) is 0 Å². The second-order valence-electron chi connectivity index (χ2n) is 14.4. The van der Waals surface area contributed by atoms with E-state index in [9.17, 15) is 0 Å². The maximum atomic E-state index is 2.54. The average molecular weight is 657 g/mol. The number of benzene rings is 9. The monoisotopic (exact) mass is 656 g/mol. The molecule has 0 radical (unpaired) electrons. The Morgan fingerprint density at radius 2 is 0.596 bits per heavy atom. The molecule has 9 aromatic carbocycles. The first kappa shape index (κ1) is 26.9. The third-order valence-corrected chi connectivity index (χ3v) is 12.0. The normalized spacial score (nSPS) is 12.6. The van der Waals surface area contributed by atoms with E-state index in [4.69, 9.17) is 0 Å². The molecule has 0 fully saturated rings. The highest BCUT2D eigenvalue weighted by Gasteiger charge is 2.28. The fourth-order valence-electron chi connectivity index (χ4n) is 9.99. The van der Waals surface area contributed by atoms with E-state index >= 15 is 0 Å². The van der Waals surface area contributed by atoms with E-state index in [0.717, 1.165) is 0 Å². The van der Waals surface area contributed by atoms with Gasteiger partial charge in [-0.05, 0) is 91.7 Å². The number of rotatable bonds is 2. The molecular formula is C50H28N2. The summed E-state index contributed by atoms with van der Waals surface area (Å²) in [6, 6.07) is 63.3. The standard InChI is InChI=1S/C50H28N2/c1-3-15-31-29(13-1)35-19-11-21-37-47(35)39(31)27-41-33-17-5-7-23-43(33)51(49(37)41)45-25-9-10-26-46(45)52-44-24-8-6-18-34(44)42-28-40-32-16-4-2-14-30(32)36-20-12-22-38(48(36)40)50(42)52/h1-28H. The summed E-state index contributed by atoms with van der Waals surface area (Å²) in [5, 5.41) is 10.4. The van der Waals surface area contributed by atoms with Crippen LogP contribution < -0.4 is 0 Å².